The Morgan fingerprint density at radius 3 is 2.65 bits per heavy atom. The molecule has 94 valence electrons. The molecule has 1 rings (SSSR count). The van der Waals surface area contributed by atoms with Gasteiger partial charge in [-0.2, -0.15) is 0 Å². The molecule has 0 saturated carbocycles. The lowest BCUT2D eigenvalue weighted by atomic mass is 10.0. The van der Waals surface area contributed by atoms with Gasteiger partial charge in [0.05, 0.1) is 11.7 Å². The maximum atomic E-state index is 10.9. The Kier molecular flexibility index (Phi) is 5.07. The van der Waals surface area contributed by atoms with Gasteiger partial charge in [-0.25, -0.2) is 4.79 Å². The van der Waals surface area contributed by atoms with Gasteiger partial charge in [0, 0.05) is 11.0 Å². The first kappa shape index (κ1) is 14.1. The molecule has 0 bridgehead atoms. The first-order chi connectivity index (χ1) is 7.97. The Bertz CT molecular complexity index is 410. The Hall–Kier alpha value is -0.950. The summed E-state index contributed by atoms with van der Waals surface area (Å²) < 4.78 is 0.434. The summed E-state index contributed by atoms with van der Waals surface area (Å²) >= 11 is 3.11. The van der Waals surface area contributed by atoms with Crippen molar-refractivity contribution < 1.29 is 20.1 Å². The predicted octanol–water partition coefficient (Wildman–Crippen LogP) is 0.761. The van der Waals surface area contributed by atoms with Gasteiger partial charge in [0.2, 0.25) is 0 Å². The zero-order chi connectivity index (χ0) is 13.0. The number of hydrogen-bond acceptors (Lipinski definition) is 4. The molecule has 0 amide bonds. The van der Waals surface area contributed by atoms with E-state index in [1.807, 2.05) is 0 Å². The second-order valence-electron chi connectivity index (χ2n) is 3.61. The Labute approximate surface area is 107 Å². The number of benzene rings is 1. The van der Waals surface area contributed by atoms with Crippen molar-refractivity contribution >= 4 is 21.9 Å². The molecule has 17 heavy (non-hydrogen) atoms. The molecule has 0 heterocycles. The van der Waals surface area contributed by atoms with E-state index in [9.17, 15) is 15.0 Å². The van der Waals surface area contributed by atoms with Gasteiger partial charge in [-0.05, 0) is 40.7 Å². The predicted molar refractivity (Wildman–Crippen MR) is 66.0 cm³/mol. The van der Waals surface area contributed by atoms with Crippen molar-refractivity contribution in [1.82, 2.24) is 5.32 Å². The molecule has 4 N–H and O–H groups in total. The average Bonchev–Trinajstić information content (AvgIpc) is 2.28. The van der Waals surface area contributed by atoms with E-state index in [2.05, 4.69) is 21.2 Å². The van der Waals surface area contributed by atoms with E-state index in [4.69, 9.17) is 5.11 Å². The number of nitrogens with one attached hydrogen (secondary N) is 1. The number of carboxylic acids is 1. The molecule has 0 aliphatic heterocycles. The highest BCUT2D eigenvalue weighted by atomic mass is 79.9. The van der Waals surface area contributed by atoms with Crippen LogP contribution in [0.3, 0.4) is 0 Å². The summed E-state index contributed by atoms with van der Waals surface area (Å²) in [5.41, 5.74) is 0.423. The fourth-order valence-corrected chi connectivity index (χ4v) is 1.85. The lowest BCUT2D eigenvalue weighted by Gasteiger charge is -2.18. The zero-order valence-corrected chi connectivity index (χ0v) is 10.8. The minimum atomic E-state index is -1.12. The topological polar surface area (TPSA) is 89.8 Å². The van der Waals surface area contributed by atoms with Gasteiger partial charge < -0.3 is 20.6 Å². The van der Waals surface area contributed by atoms with Gasteiger partial charge in [-0.1, -0.05) is 6.07 Å². The van der Waals surface area contributed by atoms with E-state index in [1.54, 1.807) is 13.1 Å². The third-order valence-electron chi connectivity index (χ3n) is 2.34. The van der Waals surface area contributed by atoms with Crippen LogP contribution in [-0.4, -0.2) is 41.0 Å². The lowest BCUT2D eigenvalue weighted by molar-refractivity contribution is 0.0201. The second-order valence-corrected chi connectivity index (χ2v) is 4.47. The average molecular weight is 304 g/mol. The van der Waals surface area contributed by atoms with Gasteiger partial charge >= 0.3 is 5.97 Å². The highest BCUT2D eigenvalue weighted by Crippen LogP contribution is 2.23. The monoisotopic (exact) mass is 303 g/mol. The summed E-state index contributed by atoms with van der Waals surface area (Å²) in [6, 6.07) is 4.45. The molecule has 0 aliphatic rings. The molecule has 0 aromatic heterocycles. The zero-order valence-electron chi connectivity index (χ0n) is 9.22. The molecule has 1 aromatic rings. The van der Waals surface area contributed by atoms with Gasteiger partial charge in [0.15, 0.2) is 0 Å². The van der Waals surface area contributed by atoms with Gasteiger partial charge in [0.1, 0.15) is 6.10 Å². The van der Waals surface area contributed by atoms with E-state index in [1.165, 1.54) is 12.1 Å². The normalized spacial score (nSPS) is 14.4. The van der Waals surface area contributed by atoms with Crippen molar-refractivity contribution in [3.63, 3.8) is 0 Å². The van der Waals surface area contributed by atoms with Crippen LogP contribution < -0.4 is 5.32 Å². The van der Waals surface area contributed by atoms with Crippen molar-refractivity contribution in [2.45, 2.75) is 12.2 Å². The number of hydrogen-bond donors (Lipinski definition) is 4. The SMILES string of the molecule is CNCC(O)C(O)c1ccc(Br)c(C(=O)O)c1. The number of likely N-dealkylation sites (N-methyl/N-ethyl adjacent to an activating group) is 1. The van der Waals surface area contributed by atoms with Crippen molar-refractivity contribution in [2.24, 2.45) is 0 Å². The van der Waals surface area contributed by atoms with Crippen LogP contribution in [0.25, 0.3) is 0 Å². The van der Waals surface area contributed by atoms with Crippen LogP contribution in [-0.2, 0) is 0 Å². The minimum absolute atomic E-state index is 0.0539. The number of aliphatic hydroxyl groups excluding tert-OH is 2. The molecular formula is C11H14BrNO4. The standard InChI is InChI=1S/C11H14BrNO4/c1-13-5-9(14)10(15)6-2-3-8(12)7(4-6)11(16)17/h2-4,9-10,13-15H,5H2,1H3,(H,16,17). The molecular weight excluding hydrogens is 290 g/mol. The van der Waals surface area contributed by atoms with E-state index in [0.717, 1.165) is 0 Å². The Morgan fingerprint density at radius 1 is 1.47 bits per heavy atom. The molecule has 0 aliphatic carbocycles. The maximum absolute atomic E-state index is 10.9. The maximum Gasteiger partial charge on any atom is 0.336 e. The summed E-state index contributed by atoms with van der Waals surface area (Å²) in [5.74, 6) is -1.09. The van der Waals surface area contributed by atoms with E-state index >= 15 is 0 Å². The summed E-state index contributed by atoms with van der Waals surface area (Å²) in [6.45, 7) is 0.222. The second kappa shape index (κ2) is 6.11. The smallest absolute Gasteiger partial charge is 0.336 e. The first-order valence-corrected chi connectivity index (χ1v) is 5.80. The summed E-state index contributed by atoms with van der Waals surface area (Å²) in [7, 11) is 1.65. The lowest BCUT2D eigenvalue weighted by Crippen LogP contribution is -2.29. The van der Waals surface area contributed by atoms with Crippen molar-refractivity contribution in [2.75, 3.05) is 13.6 Å². The quantitative estimate of drug-likeness (QED) is 0.645. The van der Waals surface area contributed by atoms with Crippen LogP contribution >= 0.6 is 15.9 Å². The molecule has 5 nitrogen and oxygen atoms in total. The number of rotatable bonds is 5. The number of carbonyl (C=O) groups is 1. The van der Waals surface area contributed by atoms with Gasteiger partial charge in [-0.3, -0.25) is 0 Å². The van der Waals surface area contributed by atoms with Gasteiger partial charge in [0.25, 0.3) is 0 Å². The largest absolute Gasteiger partial charge is 0.478 e. The van der Waals surface area contributed by atoms with Crippen LogP contribution in [0.15, 0.2) is 22.7 Å². The van der Waals surface area contributed by atoms with Crippen LogP contribution in [0.4, 0.5) is 0 Å². The van der Waals surface area contributed by atoms with E-state index in [0.29, 0.717) is 10.0 Å². The Balaban J connectivity index is 2.99. The highest BCUT2D eigenvalue weighted by Gasteiger charge is 2.19. The molecule has 0 saturated heterocycles. The summed E-state index contributed by atoms with van der Waals surface area (Å²) in [4.78, 5) is 10.9. The van der Waals surface area contributed by atoms with Crippen LogP contribution in [0.5, 0.6) is 0 Å². The van der Waals surface area contributed by atoms with Crippen LogP contribution in [0, 0.1) is 0 Å². The number of aromatic carboxylic acids is 1. The molecule has 6 heteroatoms. The number of aliphatic hydroxyl groups is 2. The molecule has 2 unspecified atom stereocenters. The molecule has 0 radical (unpaired) electrons. The third-order valence-corrected chi connectivity index (χ3v) is 3.03. The number of carboxylic acid groups (broad SMARTS) is 1. The first-order valence-electron chi connectivity index (χ1n) is 5.00. The third kappa shape index (κ3) is 3.50. The minimum Gasteiger partial charge on any atom is -0.478 e. The molecule has 1 aromatic carbocycles. The van der Waals surface area contributed by atoms with Crippen LogP contribution in [0.1, 0.15) is 22.0 Å². The van der Waals surface area contributed by atoms with Crippen molar-refractivity contribution in [3.8, 4) is 0 Å². The molecule has 0 spiro atoms. The Morgan fingerprint density at radius 2 is 2.12 bits per heavy atom. The van der Waals surface area contributed by atoms with Crippen molar-refractivity contribution in [3.05, 3.63) is 33.8 Å². The van der Waals surface area contributed by atoms with E-state index in [-0.39, 0.29) is 12.1 Å². The van der Waals surface area contributed by atoms with Crippen molar-refractivity contribution in [1.29, 1.82) is 0 Å². The fraction of sp³-hybridized carbons (Fsp3) is 0.364. The highest BCUT2D eigenvalue weighted by molar-refractivity contribution is 9.10. The summed E-state index contributed by atoms with van der Waals surface area (Å²) in [6.07, 6.45) is -2.10. The van der Waals surface area contributed by atoms with Gasteiger partial charge in [-0.15, -0.1) is 0 Å². The van der Waals surface area contributed by atoms with Crippen LogP contribution in [0.2, 0.25) is 0 Å². The van der Waals surface area contributed by atoms with E-state index < -0.39 is 18.2 Å². The molecule has 2 atom stereocenters. The fourth-order valence-electron chi connectivity index (χ4n) is 1.43. The molecule has 0 fully saturated rings. The number of halogens is 1. The summed E-state index contributed by atoms with van der Waals surface area (Å²) in [5, 5.41) is 31.1.